The minimum atomic E-state index is -3.65. The Morgan fingerprint density at radius 2 is 1.96 bits per heavy atom. The minimum absolute atomic E-state index is 0.145. The zero-order chi connectivity index (χ0) is 18.1. The molecule has 0 spiro atoms. The predicted octanol–water partition coefficient (Wildman–Crippen LogP) is 1.53. The van der Waals surface area contributed by atoms with E-state index in [0.717, 1.165) is 28.5 Å². The zero-order valence-corrected chi connectivity index (χ0v) is 15.6. The lowest BCUT2D eigenvalue weighted by Crippen LogP contribution is -2.39. The molecule has 0 aliphatic rings. The number of ether oxygens (including phenoxy) is 1. The van der Waals surface area contributed by atoms with Gasteiger partial charge in [0.05, 0.1) is 13.1 Å². The van der Waals surface area contributed by atoms with Crippen LogP contribution < -0.4 is 20.5 Å². The van der Waals surface area contributed by atoms with Crippen LogP contribution in [-0.2, 0) is 16.6 Å². The number of rotatable bonds is 8. The SMILES string of the molecule is CCNC(=NCc1ccc(S(N)(=O)=O)s1)NCCOc1ccccc1. The lowest BCUT2D eigenvalue weighted by Gasteiger charge is -2.11. The molecular formula is C16H22N4O3S2. The van der Waals surface area contributed by atoms with Gasteiger partial charge >= 0.3 is 0 Å². The third-order valence-corrected chi connectivity index (χ3v) is 5.57. The number of benzene rings is 1. The summed E-state index contributed by atoms with van der Waals surface area (Å²) < 4.78 is 28.3. The molecule has 0 aliphatic heterocycles. The number of nitrogens with one attached hydrogen (secondary N) is 2. The Bertz CT molecular complexity index is 789. The lowest BCUT2D eigenvalue weighted by atomic mass is 10.3. The van der Waals surface area contributed by atoms with Crippen molar-refractivity contribution in [2.45, 2.75) is 17.7 Å². The van der Waals surface area contributed by atoms with E-state index in [-0.39, 0.29) is 4.21 Å². The van der Waals surface area contributed by atoms with Gasteiger partial charge in [0.15, 0.2) is 5.96 Å². The maximum absolute atomic E-state index is 11.3. The van der Waals surface area contributed by atoms with Gasteiger partial charge in [-0.2, -0.15) is 0 Å². The number of sulfonamides is 1. The molecule has 4 N–H and O–H groups in total. The quantitative estimate of drug-likeness (QED) is 0.365. The van der Waals surface area contributed by atoms with Gasteiger partial charge in [0, 0.05) is 11.4 Å². The number of hydrogen-bond acceptors (Lipinski definition) is 5. The van der Waals surface area contributed by atoms with E-state index in [1.165, 1.54) is 6.07 Å². The van der Waals surface area contributed by atoms with Crippen molar-refractivity contribution in [3.05, 3.63) is 47.3 Å². The molecule has 136 valence electrons. The van der Waals surface area contributed by atoms with E-state index in [1.807, 2.05) is 37.3 Å². The van der Waals surface area contributed by atoms with Gasteiger partial charge < -0.3 is 15.4 Å². The molecule has 0 amide bonds. The monoisotopic (exact) mass is 382 g/mol. The summed E-state index contributed by atoms with van der Waals surface area (Å²) in [4.78, 5) is 5.26. The Hall–Kier alpha value is -2.10. The van der Waals surface area contributed by atoms with E-state index in [2.05, 4.69) is 15.6 Å². The summed E-state index contributed by atoms with van der Waals surface area (Å²) in [5, 5.41) is 11.4. The molecule has 0 aliphatic carbocycles. The normalized spacial score (nSPS) is 12.0. The summed E-state index contributed by atoms with van der Waals surface area (Å²) in [6, 6.07) is 12.8. The summed E-state index contributed by atoms with van der Waals surface area (Å²) in [5.41, 5.74) is 0. The van der Waals surface area contributed by atoms with Crippen molar-refractivity contribution in [2.24, 2.45) is 10.1 Å². The number of guanidine groups is 1. The van der Waals surface area contributed by atoms with Gasteiger partial charge in [0.25, 0.3) is 0 Å². The predicted molar refractivity (Wildman–Crippen MR) is 100 cm³/mol. The first-order valence-corrected chi connectivity index (χ1v) is 10.2. The van der Waals surface area contributed by atoms with Gasteiger partial charge in [-0.05, 0) is 31.2 Å². The van der Waals surface area contributed by atoms with E-state index in [9.17, 15) is 8.42 Å². The van der Waals surface area contributed by atoms with E-state index in [1.54, 1.807) is 6.07 Å². The molecule has 1 aromatic heterocycles. The van der Waals surface area contributed by atoms with E-state index >= 15 is 0 Å². The number of aliphatic imine (C=N–C) groups is 1. The van der Waals surface area contributed by atoms with Crippen LogP contribution in [0.2, 0.25) is 0 Å². The number of para-hydroxylation sites is 1. The average molecular weight is 383 g/mol. The largest absolute Gasteiger partial charge is 0.492 e. The zero-order valence-electron chi connectivity index (χ0n) is 13.9. The Balaban J connectivity index is 1.84. The second-order valence-corrected chi connectivity index (χ2v) is 8.01. The smallest absolute Gasteiger partial charge is 0.247 e. The third-order valence-electron chi connectivity index (χ3n) is 3.06. The fourth-order valence-corrected chi connectivity index (χ4v) is 3.65. The molecule has 0 saturated heterocycles. The first kappa shape index (κ1) is 19.2. The fraction of sp³-hybridized carbons (Fsp3) is 0.312. The third kappa shape index (κ3) is 6.73. The number of nitrogens with two attached hydrogens (primary N) is 1. The number of nitrogens with zero attached hydrogens (tertiary/aromatic N) is 1. The molecule has 7 nitrogen and oxygen atoms in total. The Morgan fingerprint density at radius 1 is 1.20 bits per heavy atom. The first-order chi connectivity index (χ1) is 12.0. The molecule has 0 unspecified atom stereocenters. The summed E-state index contributed by atoms with van der Waals surface area (Å²) in [5.74, 6) is 1.46. The molecule has 2 aromatic rings. The minimum Gasteiger partial charge on any atom is -0.492 e. The van der Waals surface area contributed by atoms with Gasteiger partial charge in [-0.15, -0.1) is 11.3 Å². The van der Waals surface area contributed by atoms with Crippen LogP contribution in [0.3, 0.4) is 0 Å². The number of hydrogen-bond donors (Lipinski definition) is 3. The van der Waals surface area contributed by atoms with Crippen LogP contribution in [0.25, 0.3) is 0 Å². The molecule has 0 bridgehead atoms. The molecule has 0 fully saturated rings. The van der Waals surface area contributed by atoms with Crippen molar-refractivity contribution in [1.29, 1.82) is 0 Å². The summed E-state index contributed by atoms with van der Waals surface area (Å²) in [6.45, 7) is 4.16. The van der Waals surface area contributed by atoms with Crippen molar-refractivity contribution < 1.29 is 13.2 Å². The van der Waals surface area contributed by atoms with Crippen molar-refractivity contribution in [3.63, 3.8) is 0 Å². The second-order valence-electron chi connectivity index (χ2n) is 5.05. The highest BCUT2D eigenvalue weighted by Crippen LogP contribution is 2.20. The van der Waals surface area contributed by atoms with E-state index in [0.29, 0.717) is 25.7 Å². The maximum atomic E-state index is 11.3. The van der Waals surface area contributed by atoms with Crippen LogP contribution in [-0.4, -0.2) is 34.1 Å². The van der Waals surface area contributed by atoms with Crippen LogP contribution in [0.5, 0.6) is 5.75 Å². The van der Waals surface area contributed by atoms with Gasteiger partial charge in [0.1, 0.15) is 16.6 Å². The molecule has 0 saturated carbocycles. The van der Waals surface area contributed by atoms with Gasteiger partial charge in [-0.25, -0.2) is 18.5 Å². The second kappa shape index (κ2) is 9.40. The molecular weight excluding hydrogens is 360 g/mol. The van der Waals surface area contributed by atoms with Crippen LogP contribution in [0.4, 0.5) is 0 Å². The standard InChI is InChI=1S/C16H22N4O3S2/c1-2-18-16(19-10-11-23-13-6-4-3-5-7-13)20-12-14-8-9-15(24-14)25(17,21)22/h3-9H,2,10-12H2,1H3,(H2,17,21,22)(H2,18,19,20). The highest BCUT2D eigenvalue weighted by molar-refractivity contribution is 7.91. The van der Waals surface area contributed by atoms with Crippen molar-refractivity contribution in [2.75, 3.05) is 19.7 Å². The Kier molecular flexibility index (Phi) is 7.23. The van der Waals surface area contributed by atoms with Gasteiger partial charge in [-0.1, -0.05) is 18.2 Å². The molecule has 1 aromatic carbocycles. The molecule has 1 heterocycles. The topological polar surface area (TPSA) is 106 Å². The van der Waals surface area contributed by atoms with Crippen LogP contribution in [0.15, 0.2) is 51.7 Å². The summed E-state index contributed by atoms with van der Waals surface area (Å²) in [7, 11) is -3.65. The molecule has 0 radical (unpaired) electrons. The fourth-order valence-electron chi connectivity index (χ4n) is 1.95. The van der Waals surface area contributed by atoms with Crippen LogP contribution in [0.1, 0.15) is 11.8 Å². The number of thiophene rings is 1. The highest BCUT2D eigenvalue weighted by Gasteiger charge is 2.10. The Labute approximate surface area is 152 Å². The van der Waals surface area contributed by atoms with Crippen LogP contribution >= 0.6 is 11.3 Å². The maximum Gasteiger partial charge on any atom is 0.247 e. The lowest BCUT2D eigenvalue weighted by molar-refractivity contribution is 0.322. The molecule has 2 rings (SSSR count). The number of primary sulfonamides is 1. The molecule has 25 heavy (non-hydrogen) atoms. The molecule has 0 atom stereocenters. The van der Waals surface area contributed by atoms with E-state index in [4.69, 9.17) is 9.88 Å². The highest BCUT2D eigenvalue weighted by atomic mass is 32.2. The van der Waals surface area contributed by atoms with Gasteiger partial charge in [-0.3, -0.25) is 0 Å². The van der Waals surface area contributed by atoms with Gasteiger partial charge in [0.2, 0.25) is 10.0 Å². The van der Waals surface area contributed by atoms with Crippen molar-refractivity contribution in [1.82, 2.24) is 10.6 Å². The summed E-state index contributed by atoms with van der Waals surface area (Å²) in [6.07, 6.45) is 0. The van der Waals surface area contributed by atoms with Crippen molar-refractivity contribution >= 4 is 27.3 Å². The first-order valence-electron chi connectivity index (χ1n) is 7.80. The van der Waals surface area contributed by atoms with Crippen molar-refractivity contribution in [3.8, 4) is 5.75 Å². The Morgan fingerprint density at radius 3 is 2.60 bits per heavy atom. The summed E-state index contributed by atoms with van der Waals surface area (Å²) >= 11 is 1.13. The van der Waals surface area contributed by atoms with E-state index < -0.39 is 10.0 Å². The molecule has 9 heteroatoms. The average Bonchev–Trinajstić information content (AvgIpc) is 3.07. The van der Waals surface area contributed by atoms with Crippen LogP contribution in [0, 0.1) is 0 Å².